The Hall–Kier alpha value is 0. The van der Waals surface area contributed by atoms with Gasteiger partial charge >= 0.3 is 0 Å². The van der Waals surface area contributed by atoms with Crippen LogP contribution in [0, 0.1) is 154 Å². The fourth-order valence-electron chi connectivity index (χ4n) is 30.9. The summed E-state index contributed by atoms with van der Waals surface area (Å²) >= 11 is 0. The summed E-state index contributed by atoms with van der Waals surface area (Å²) in [6.45, 7) is 0. The lowest BCUT2D eigenvalue weighted by Gasteiger charge is -2.40. The number of rotatable bonds is 0. The molecule has 0 nitrogen and oxygen atoms in total. The molecule has 0 radical (unpaired) electrons. The van der Waals surface area contributed by atoms with Crippen LogP contribution >= 0.6 is 0 Å². The molecule has 0 heterocycles. The Balaban J connectivity index is 0.0000000974. The molecule has 0 heteroatoms. The van der Waals surface area contributed by atoms with E-state index in [1.807, 2.05) is 0 Å². The van der Waals surface area contributed by atoms with Crippen LogP contribution in [0.5, 0.6) is 0 Å². The standard InChI is InChI=1S/3C11H20.3C10H18.C9H14.C9H16.C8H12.2C8H14/c2*1-4-10-6-2-7-11(5-1)9-3-8-10;1-2-5-11-7-3-6-10(4-1)8-9-11;1-3-9-5-2-6-10(4-1)8-7-9;1-2-5-10-7-3-6-9(4-1)8-10;1-2-4-10-7-5-9(3-1)6-8-10;1-2-7-5-6(1)8-3-4-9(7)8;1-2-4-9-6-5-8(3-1)7-9;1-2-6-3-5(1)7-4-8(6)7;1-2-8-5-3-7(1)4-6-8;1-2-7-4-5-8(3-1)6-7/h3*10-11H,1-9H2;3*9-10H,1-8H2;6-9H,1-5H2;8-9H,1-7H2;5-8H,1-4H2;2*7-8H,1-6H2. The van der Waals surface area contributed by atoms with Crippen molar-refractivity contribution in [2.45, 2.75) is 507 Å². The van der Waals surface area contributed by atoms with Crippen LogP contribution in [0.3, 0.4) is 0 Å². The maximum Gasteiger partial charge on any atom is -0.0352 e. The first-order valence-electron chi connectivity index (χ1n) is 51.9. The maximum atomic E-state index is 1.62. The van der Waals surface area contributed by atoms with Crippen molar-refractivity contribution >= 4 is 0 Å². The second-order valence-corrected chi connectivity index (χ2v) is 45.0. The summed E-state index contributed by atoms with van der Waals surface area (Å²) in [6, 6.07) is 0. The summed E-state index contributed by atoms with van der Waals surface area (Å²) < 4.78 is 0. The molecule has 0 aromatic carbocycles. The second-order valence-electron chi connectivity index (χ2n) is 45.0. The van der Waals surface area contributed by atoms with Gasteiger partial charge in [0.15, 0.2) is 0 Å². The van der Waals surface area contributed by atoms with Gasteiger partial charge in [-0.2, -0.15) is 0 Å². The van der Waals surface area contributed by atoms with Crippen molar-refractivity contribution in [2.24, 2.45) is 154 Å². The van der Waals surface area contributed by atoms with Crippen molar-refractivity contribution in [3.8, 4) is 0 Å². The highest BCUT2D eigenvalue weighted by Crippen LogP contribution is 2.66. The highest BCUT2D eigenvalue weighted by atomic mass is 14.6. The van der Waals surface area contributed by atoms with E-state index in [1.165, 1.54) is 169 Å². The van der Waals surface area contributed by atoms with E-state index in [9.17, 15) is 0 Å². The lowest BCUT2D eigenvalue weighted by molar-refractivity contribution is 0.103. The van der Waals surface area contributed by atoms with E-state index in [0.717, 1.165) is 107 Å². The summed E-state index contributed by atoms with van der Waals surface area (Å²) in [6.07, 6.45) is 123. The summed E-state index contributed by atoms with van der Waals surface area (Å²) in [5, 5.41) is 0. The molecular formula is C105H184. The Morgan fingerprint density at radius 1 is 0.0762 bits per heavy atom. The zero-order valence-corrected chi connectivity index (χ0v) is 70.9. The lowest BCUT2D eigenvalue weighted by Crippen LogP contribution is -2.31. The third-order valence-corrected chi connectivity index (χ3v) is 37.9. The van der Waals surface area contributed by atoms with E-state index in [4.69, 9.17) is 0 Å². The molecule has 16 unspecified atom stereocenters. The van der Waals surface area contributed by atoms with Gasteiger partial charge in [-0.1, -0.05) is 430 Å². The van der Waals surface area contributed by atoms with E-state index in [-0.39, 0.29) is 0 Å². The molecule has 0 aromatic rings. The summed E-state index contributed by atoms with van der Waals surface area (Å²) in [4.78, 5) is 0. The lowest BCUT2D eigenvalue weighted by atomic mass is 9.66. The average Bonchev–Trinajstić information content (AvgIpc) is 1.58. The molecule has 28 aliphatic rings. The van der Waals surface area contributed by atoms with Crippen molar-refractivity contribution in [1.29, 1.82) is 0 Å². The van der Waals surface area contributed by atoms with E-state index in [0.29, 0.717) is 0 Å². The minimum atomic E-state index is 1.12. The Morgan fingerprint density at radius 2 is 0.210 bits per heavy atom. The molecular weight excluding hydrogens is 1260 g/mol. The molecule has 604 valence electrons. The van der Waals surface area contributed by atoms with Crippen LogP contribution in [-0.4, -0.2) is 0 Å². The first-order chi connectivity index (χ1) is 51.9. The first kappa shape index (κ1) is 81.6. The molecule has 0 aromatic heterocycles. The van der Waals surface area contributed by atoms with Crippen LogP contribution in [0.1, 0.15) is 507 Å². The van der Waals surface area contributed by atoms with Gasteiger partial charge in [0.05, 0.1) is 0 Å². The van der Waals surface area contributed by atoms with Gasteiger partial charge in [0, 0.05) is 0 Å². The Morgan fingerprint density at radius 3 is 0.400 bits per heavy atom. The summed E-state index contributed by atoms with van der Waals surface area (Å²) in [5.41, 5.74) is 0. The molecule has 0 aliphatic heterocycles. The average molecular weight is 1450 g/mol. The fraction of sp³-hybridized carbons (Fsp3) is 1.00. The van der Waals surface area contributed by atoms with Gasteiger partial charge in [0.2, 0.25) is 0 Å². The second kappa shape index (κ2) is 44.8. The normalized spacial score (nSPS) is 44.8. The van der Waals surface area contributed by atoms with E-state index >= 15 is 0 Å². The molecule has 0 spiro atoms. The Kier molecular flexibility index (Phi) is 34.8. The molecule has 28 aliphatic carbocycles. The maximum absolute atomic E-state index is 1.62. The smallest absolute Gasteiger partial charge is 0.0352 e. The molecule has 0 N–H and O–H groups in total. The minimum absolute atomic E-state index is 1.12. The third-order valence-electron chi connectivity index (χ3n) is 37.9. The van der Waals surface area contributed by atoms with Gasteiger partial charge < -0.3 is 0 Å². The van der Waals surface area contributed by atoms with Crippen molar-refractivity contribution in [1.82, 2.24) is 0 Å². The third kappa shape index (κ3) is 27.1. The fourth-order valence-corrected chi connectivity index (χ4v) is 30.9. The molecule has 105 heavy (non-hydrogen) atoms. The molecule has 28 fully saturated rings. The van der Waals surface area contributed by atoms with E-state index in [1.54, 1.807) is 385 Å². The van der Waals surface area contributed by atoms with Gasteiger partial charge in [0.1, 0.15) is 0 Å². The van der Waals surface area contributed by atoms with Crippen LogP contribution in [0.2, 0.25) is 0 Å². The largest absolute Gasteiger partial charge is 0.0530 e. The van der Waals surface area contributed by atoms with Gasteiger partial charge in [0.25, 0.3) is 0 Å². The van der Waals surface area contributed by atoms with E-state index < -0.39 is 0 Å². The molecule has 0 saturated heterocycles. The van der Waals surface area contributed by atoms with Crippen molar-refractivity contribution < 1.29 is 0 Å². The molecule has 28 saturated carbocycles. The monoisotopic (exact) mass is 1450 g/mol. The molecule has 16 atom stereocenters. The van der Waals surface area contributed by atoms with Gasteiger partial charge in [-0.25, -0.2) is 0 Å². The highest BCUT2D eigenvalue weighted by Gasteiger charge is 2.57. The Bertz CT molecular complexity index is 1980. The van der Waals surface area contributed by atoms with Crippen molar-refractivity contribution in [3.05, 3.63) is 0 Å². The van der Waals surface area contributed by atoms with Gasteiger partial charge in [-0.3, -0.25) is 0 Å². The Labute approximate surface area is 657 Å². The zero-order chi connectivity index (χ0) is 70.9. The van der Waals surface area contributed by atoms with Crippen LogP contribution in [0.25, 0.3) is 0 Å². The quantitative estimate of drug-likeness (QED) is 0.227. The summed E-state index contributed by atoms with van der Waals surface area (Å²) in [7, 11) is 0. The van der Waals surface area contributed by atoms with Gasteiger partial charge in [-0.05, 0) is 231 Å². The van der Waals surface area contributed by atoms with Crippen molar-refractivity contribution in [2.75, 3.05) is 0 Å². The number of hydrogen-bond donors (Lipinski definition) is 0. The molecule has 0 amide bonds. The van der Waals surface area contributed by atoms with Gasteiger partial charge in [-0.15, -0.1) is 0 Å². The highest BCUT2D eigenvalue weighted by molar-refractivity contribution is 5.06. The number of hydrogen-bond acceptors (Lipinski definition) is 0. The van der Waals surface area contributed by atoms with Crippen LogP contribution < -0.4 is 0 Å². The van der Waals surface area contributed by atoms with E-state index in [2.05, 4.69) is 0 Å². The number of fused-ring (bicyclic) bond motifs is 42. The predicted octanol–water partition coefficient (Wildman–Crippen LogP) is 34.0. The van der Waals surface area contributed by atoms with Crippen molar-refractivity contribution in [3.63, 3.8) is 0 Å². The zero-order valence-electron chi connectivity index (χ0n) is 70.9. The first-order valence-corrected chi connectivity index (χ1v) is 51.9. The van der Waals surface area contributed by atoms with Crippen LogP contribution in [0.4, 0.5) is 0 Å². The SMILES string of the molecule is C1CC2CC1C1CC21.C1CC2CC1C1CCC21.C1CC2CCC(C1)C2.C1CC2CCC1CC2.C1CC2CCCC(C1)CC2.C1CC2CCCC(C1)CCC2.C1CC2CCCC(C1)CCC2.C1CCC2CCC(C1)C2.C1CCC2CCC(C1)CC2.C1CCC2CCCC(C1)C2.C1CCC2CCCC(C1)CC2. The van der Waals surface area contributed by atoms with Crippen LogP contribution in [-0.2, 0) is 0 Å². The molecule has 22 bridgehead atoms. The summed E-state index contributed by atoms with van der Waals surface area (Å²) in [5.74, 6) is 30.3. The minimum Gasteiger partial charge on any atom is -0.0530 e. The topological polar surface area (TPSA) is 0 Å². The predicted molar refractivity (Wildman–Crippen MR) is 455 cm³/mol. The van der Waals surface area contributed by atoms with Crippen LogP contribution in [0.15, 0.2) is 0 Å². The molecule has 28 rings (SSSR count).